The van der Waals surface area contributed by atoms with Gasteiger partial charge in [-0.15, -0.1) is 0 Å². The Morgan fingerprint density at radius 1 is 0.919 bits per heavy atom. The number of nitrogens with zero attached hydrogens (tertiary/aromatic N) is 2. The summed E-state index contributed by atoms with van der Waals surface area (Å²) in [6.45, 7) is 1.52. The van der Waals surface area contributed by atoms with E-state index in [9.17, 15) is 19.6 Å². The van der Waals surface area contributed by atoms with Gasteiger partial charge in [-0.2, -0.15) is 5.26 Å². The van der Waals surface area contributed by atoms with E-state index in [0.29, 0.717) is 31.3 Å². The number of fused-ring (bicyclic) bond motifs is 1. The molecule has 0 bridgehead atoms. The minimum absolute atomic E-state index is 0.0415. The molecule has 0 unspecified atom stereocenters. The molecule has 37 heavy (non-hydrogen) atoms. The molecule has 190 valence electrons. The molecule has 2 fully saturated rings. The second-order valence-electron chi connectivity index (χ2n) is 10.2. The molecular weight excluding hydrogens is 468 g/mol. The first kappa shape index (κ1) is 24.6. The number of anilines is 1. The van der Waals surface area contributed by atoms with E-state index in [-0.39, 0.29) is 17.6 Å². The van der Waals surface area contributed by atoms with Crippen molar-refractivity contribution in [1.29, 1.82) is 5.26 Å². The average molecular weight is 499 g/mol. The fourth-order valence-electron chi connectivity index (χ4n) is 4.95. The second-order valence-corrected chi connectivity index (χ2v) is 10.2. The summed E-state index contributed by atoms with van der Waals surface area (Å²) in [5, 5.41) is 16.0. The van der Waals surface area contributed by atoms with E-state index in [0.717, 1.165) is 41.5 Å². The van der Waals surface area contributed by atoms with Crippen LogP contribution in [0.25, 0.3) is 22.1 Å². The van der Waals surface area contributed by atoms with Crippen molar-refractivity contribution < 1.29 is 18.8 Å². The number of carbonyl (C=O) groups is 3. The van der Waals surface area contributed by atoms with Crippen LogP contribution in [0.15, 0.2) is 52.9 Å². The molecule has 0 atom stereocenters. The number of carbonyl (C=O) groups excluding carboxylic acids is 3. The summed E-state index contributed by atoms with van der Waals surface area (Å²) in [5.74, 6) is -0.616. The molecule has 0 radical (unpaired) electrons. The van der Waals surface area contributed by atoms with E-state index >= 15 is 0 Å². The lowest BCUT2D eigenvalue weighted by Gasteiger charge is -2.37. The summed E-state index contributed by atoms with van der Waals surface area (Å²) >= 11 is 0. The summed E-state index contributed by atoms with van der Waals surface area (Å²) in [7, 11) is 1.73. The van der Waals surface area contributed by atoms with Crippen molar-refractivity contribution in [2.24, 2.45) is 0 Å². The van der Waals surface area contributed by atoms with E-state index in [2.05, 4.69) is 16.7 Å². The van der Waals surface area contributed by atoms with Crippen LogP contribution < -0.4 is 15.5 Å². The molecule has 3 aromatic rings. The molecule has 2 saturated carbocycles. The van der Waals surface area contributed by atoms with Gasteiger partial charge in [0.15, 0.2) is 5.76 Å². The highest BCUT2D eigenvalue weighted by Crippen LogP contribution is 2.37. The normalized spacial score (nSPS) is 17.4. The SMILES string of the molecule is CC(=O)N(C)c1ccc(-c2ccc3cc(C(=O)NC4(C(=O)NC5(C#N)CC5)CCCCC4)oc3c2)cc1. The fourth-order valence-corrected chi connectivity index (χ4v) is 4.95. The minimum atomic E-state index is -1.04. The summed E-state index contributed by atoms with van der Waals surface area (Å²) < 4.78 is 5.94. The first-order chi connectivity index (χ1) is 17.7. The maximum Gasteiger partial charge on any atom is 0.287 e. The van der Waals surface area contributed by atoms with Gasteiger partial charge in [0.2, 0.25) is 11.8 Å². The minimum Gasteiger partial charge on any atom is -0.451 e. The number of benzene rings is 2. The smallest absolute Gasteiger partial charge is 0.287 e. The predicted molar refractivity (Wildman–Crippen MR) is 140 cm³/mol. The molecule has 3 amide bonds. The molecule has 8 nitrogen and oxygen atoms in total. The zero-order valence-electron chi connectivity index (χ0n) is 21.1. The predicted octanol–water partition coefficient (Wildman–Crippen LogP) is 4.69. The Bertz CT molecular complexity index is 1410. The van der Waals surface area contributed by atoms with Gasteiger partial charge in [0, 0.05) is 25.0 Å². The lowest BCUT2D eigenvalue weighted by molar-refractivity contribution is -0.129. The average Bonchev–Trinajstić information content (AvgIpc) is 3.55. The number of furan rings is 1. The summed E-state index contributed by atoms with van der Waals surface area (Å²) in [6, 6.07) is 17.2. The molecule has 8 heteroatoms. The fraction of sp³-hybridized carbons (Fsp3) is 0.379. The number of nitriles is 1. The van der Waals surface area contributed by atoms with Gasteiger partial charge in [0.25, 0.3) is 5.91 Å². The van der Waals surface area contributed by atoms with E-state index in [1.807, 2.05) is 42.5 Å². The number of nitrogens with one attached hydrogen (secondary N) is 2. The molecule has 0 saturated heterocycles. The van der Waals surface area contributed by atoms with Crippen molar-refractivity contribution in [3.8, 4) is 17.2 Å². The van der Waals surface area contributed by atoms with Crippen LogP contribution >= 0.6 is 0 Å². The maximum absolute atomic E-state index is 13.3. The Morgan fingerprint density at radius 3 is 2.22 bits per heavy atom. The highest BCUT2D eigenvalue weighted by molar-refractivity contribution is 6.01. The zero-order chi connectivity index (χ0) is 26.2. The third-order valence-electron chi connectivity index (χ3n) is 7.62. The Labute approximate surface area is 215 Å². The molecule has 2 N–H and O–H groups in total. The van der Waals surface area contributed by atoms with Crippen molar-refractivity contribution >= 4 is 34.4 Å². The van der Waals surface area contributed by atoms with Crippen LogP contribution in [0.4, 0.5) is 5.69 Å². The van der Waals surface area contributed by atoms with Gasteiger partial charge in [0.1, 0.15) is 16.7 Å². The largest absolute Gasteiger partial charge is 0.451 e. The Morgan fingerprint density at radius 2 is 1.59 bits per heavy atom. The van der Waals surface area contributed by atoms with E-state index in [1.165, 1.54) is 6.92 Å². The maximum atomic E-state index is 13.3. The molecule has 1 aromatic heterocycles. The van der Waals surface area contributed by atoms with Gasteiger partial charge >= 0.3 is 0 Å². The molecule has 2 aromatic carbocycles. The van der Waals surface area contributed by atoms with Crippen LogP contribution in [0.5, 0.6) is 0 Å². The van der Waals surface area contributed by atoms with Crippen molar-refractivity contribution in [2.75, 3.05) is 11.9 Å². The third kappa shape index (κ3) is 4.82. The van der Waals surface area contributed by atoms with E-state index < -0.39 is 17.0 Å². The Balaban J connectivity index is 1.36. The van der Waals surface area contributed by atoms with Gasteiger partial charge in [-0.3, -0.25) is 14.4 Å². The molecule has 1 heterocycles. The molecule has 0 spiro atoms. The molecule has 2 aliphatic rings. The lowest BCUT2D eigenvalue weighted by Crippen LogP contribution is -2.61. The first-order valence-corrected chi connectivity index (χ1v) is 12.7. The monoisotopic (exact) mass is 498 g/mol. The highest BCUT2D eigenvalue weighted by Gasteiger charge is 2.50. The van der Waals surface area contributed by atoms with Crippen molar-refractivity contribution in [3.05, 3.63) is 54.3 Å². The van der Waals surface area contributed by atoms with Crippen LogP contribution in [0.1, 0.15) is 62.4 Å². The molecule has 0 aliphatic heterocycles. The van der Waals surface area contributed by atoms with Crippen molar-refractivity contribution in [2.45, 2.75) is 62.9 Å². The standard InChI is InChI=1S/C29H30N4O4/c1-19(34)33(2)23-10-8-20(9-11-23)21-6-7-22-17-25(37-24(22)16-21)26(35)31-29(12-4-3-5-13-29)27(36)32-28(18-30)14-15-28/h6-11,16-17H,3-5,12-15H2,1-2H3,(H,31,35)(H,32,36). The zero-order valence-corrected chi connectivity index (χ0v) is 21.1. The van der Waals surface area contributed by atoms with Crippen LogP contribution in [0, 0.1) is 11.3 Å². The number of amides is 3. The summed E-state index contributed by atoms with van der Waals surface area (Å²) in [5.41, 5.74) is 1.41. The van der Waals surface area contributed by atoms with Gasteiger partial charge in [-0.05, 0) is 61.1 Å². The molecule has 2 aliphatic carbocycles. The summed E-state index contributed by atoms with van der Waals surface area (Å²) in [6.07, 6.45) is 5.02. The summed E-state index contributed by atoms with van der Waals surface area (Å²) in [4.78, 5) is 39.7. The number of rotatable bonds is 6. The van der Waals surface area contributed by atoms with E-state index in [1.54, 1.807) is 18.0 Å². The van der Waals surface area contributed by atoms with Crippen LogP contribution in [0.2, 0.25) is 0 Å². The van der Waals surface area contributed by atoms with E-state index in [4.69, 9.17) is 4.42 Å². The first-order valence-electron chi connectivity index (χ1n) is 12.7. The van der Waals surface area contributed by atoms with Gasteiger partial charge in [-0.1, -0.05) is 43.5 Å². The van der Waals surface area contributed by atoms with Crippen molar-refractivity contribution in [3.63, 3.8) is 0 Å². The number of hydrogen-bond acceptors (Lipinski definition) is 5. The topological polar surface area (TPSA) is 115 Å². The molecular formula is C29H30N4O4. The molecule has 5 rings (SSSR count). The second kappa shape index (κ2) is 9.40. The Kier molecular flexibility index (Phi) is 6.24. The third-order valence-corrected chi connectivity index (χ3v) is 7.62. The lowest BCUT2D eigenvalue weighted by atomic mass is 9.80. The quantitative estimate of drug-likeness (QED) is 0.512. The van der Waals surface area contributed by atoms with Crippen LogP contribution in [-0.4, -0.2) is 35.8 Å². The number of hydrogen-bond donors (Lipinski definition) is 2. The van der Waals surface area contributed by atoms with Gasteiger partial charge in [0.05, 0.1) is 6.07 Å². The van der Waals surface area contributed by atoms with Gasteiger partial charge in [-0.25, -0.2) is 0 Å². The Hall–Kier alpha value is -4.12. The highest BCUT2D eigenvalue weighted by atomic mass is 16.3. The van der Waals surface area contributed by atoms with Crippen LogP contribution in [0.3, 0.4) is 0 Å². The van der Waals surface area contributed by atoms with Crippen LogP contribution in [-0.2, 0) is 9.59 Å². The van der Waals surface area contributed by atoms with Gasteiger partial charge < -0.3 is 20.0 Å². The van der Waals surface area contributed by atoms with Crippen molar-refractivity contribution in [1.82, 2.24) is 10.6 Å².